The minimum atomic E-state index is -3.57. The maximum atomic E-state index is 12.8. The molecule has 1 N–H and O–H groups in total. The molecule has 5 nitrogen and oxygen atoms in total. The molecule has 4 heterocycles. The molecule has 5 rings (SSSR count). The molecule has 1 aromatic carbocycles. The van der Waals surface area contributed by atoms with Gasteiger partial charge in [-0.05, 0) is 25.0 Å². The number of hydrogen-bond acceptors (Lipinski definition) is 4. The summed E-state index contributed by atoms with van der Waals surface area (Å²) in [5.74, 6) is 0. The normalized spacial score (nSPS) is 36.5. The predicted molar refractivity (Wildman–Crippen MR) is 71.2 cm³/mol. The standard InChI is InChI=1S/C14H16NO4S.Hg.HI/c16-14-12-8-10-6-9(7-13(14)19-10)15(12)20(17,18)11-4-2-1-3-5-11;;/h1-6,9-10,12-14,16H,7-8H2;;1H/q;+1;/p-1/t9-,10-,12+,13+,14+;;/m0../s1. The maximum Gasteiger partial charge on any atom is 1.00 e. The molecule has 4 bridgehead atoms. The van der Waals surface area contributed by atoms with E-state index in [1.54, 1.807) is 30.3 Å². The summed E-state index contributed by atoms with van der Waals surface area (Å²) in [5.41, 5.74) is 0. The van der Waals surface area contributed by atoms with Crippen LogP contribution in [0.5, 0.6) is 0 Å². The van der Waals surface area contributed by atoms with Gasteiger partial charge >= 0.3 is 27.7 Å². The van der Waals surface area contributed by atoms with Gasteiger partial charge in [0.25, 0.3) is 0 Å². The molecule has 4 fully saturated rings. The van der Waals surface area contributed by atoms with E-state index in [9.17, 15) is 13.5 Å². The predicted octanol–water partition coefficient (Wildman–Crippen LogP) is -2.44. The van der Waals surface area contributed by atoms with E-state index in [0.29, 0.717) is 12.8 Å². The summed E-state index contributed by atoms with van der Waals surface area (Å²) >= 11 is 0. The van der Waals surface area contributed by atoms with Crippen molar-refractivity contribution >= 4 is 10.0 Å². The van der Waals surface area contributed by atoms with Gasteiger partial charge in [-0.25, -0.2) is 8.42 Å². The van der Waals surface area contributed by atoms with E-state index in [1.165, 1.54) is 4.31 Å². The van der Waals surface area contributed by atoms with Crippen molar-refractivity contribution in [3.05, 3.63) is 36.8 Å². The van der Waals surface area contributed by atoms with Crippen molar-refractivity contribution < 1.29 is 69.9 Å². The van der Waals surface area contributed by atoms with E-state index in [-0.39, 0.29) is 80.8 Å². The molecule has 0 aliphatic carbocycles. The van der Waals surface area contributed by atoms with Gasteiger partial charge in [0.1, 0.15) is 0 Å². The number of nitrogens with zero attached hydrogens (tertiary/aromatic N) is 1. The zero-order chi connectivity index (χ0) is 13.9. The summed E-state index contributed by atoms with van der Waals surface area (Å²) < 4.78 is 32.8. The smallest absolute Gasteiger partial charge is 1.00 e. The van der Waals surface area contributed by atoms with Gasteiger partial charge in [0, 0.05) is 12.5 Å². The SMILES string of the molecule is O=S(=O)(c1ccccc1)N1[C@@H]2C[C@@H]3[CH][C@H]1C[C@@H](O3)[C@@H]2O.[Hg+].[I-]. The van der Waals surface area contributed by atoms with Crippen molar-refractivity contribution in [2.45, 2.75) is 48.1 Å². The number of hydrogen-bond donors (Lipinski definition) is 1. The van der Waals surface area contributed by atoms with Crippen molar-refractivity contribution in [1.29, 1.82) is 0 Å². The molecule has 4 aliphatic rings. The Labute approximate surface area is 168 Å². The van der Waals surface area contributed by atoms with Crippen LogP contribution in [0.1, 0.15) is 12.8 Å². The van der Waals surface area contributed by atoms with Crippen molar-refractivity contribution in [1.82, 2.24) is 4.31 Å². The quantitative estimate of drug-likeness (QED) is 0.295. The Hall–Kier alpha value is 0.715. The van der Waals surface area contributed by atoms with Crippen LogP contribution in [-0.4, -0.2) is 48.2 Å². The van der Waals surface area contributed by atoms with E-state index >= 15 is 0 Å². The van der Waals surface area contributed by atoms with E-state index in [1.807, 2.05) is 6.42 Å². The van der Waals surface area contributed by atoms with E-state index in [4.69, 9.17) is 4.74 Å². The van der Waals surface area contributed by atoms with Gasteiger partial charge in [-0.3, -0.25) is 0 Å². The Bertz CT molecular complexity index is 629. The number of aliphatic hydroxyl groups is 1. The van der Waals surface area contributed by atoms with Crippen LogP contribution in [0, 0.1) is 6.42 Å². The number of ether oxygens (including phenoxy) is 1. The molecule has 0 unspecified atom stereocenters. The second-order valence-electron chi connectivity index (χ2n) is 5.65. The zero-order valence-electron chi connectivity index (χ0n) is 11.9. The Morgan fingerprint density at radius 1 is 1.18 bits per heavy atom. The molecule has 0 amide bonds. The summed E-state index contributed by atoms with van der Waals surface area (Å²) in [7, 11) is -3.57. The third-order valence-corrected chi connectivity index (χ3v) is 6.45. The third kappa shape index (κ3) is 2.90. The molecule has 4 saturated heterocycles. The number of halogens is 1. The van der Waals surface area contributed by atoms with Gasteiger partial charge < -0.3 is 33.8 Å². The first-order valence-electron chi connectivity index (χ1n) is 6.84. The van der Waals surface area contributed by atoms with Crippen molar-refractivity contribution in [2.75, 3.05) is 0 Å². The van der Waals surface area contributed by atoms with Gasteiger partial charge in [-0.1, -0.05) is 18.2 Å². The van der Waals surface area contributed by atoms with Crippen molar-refractivity contribution in [3.63, 3.8) is 0 Å². The third-order valence-electron chi connectivity index (χ3n) is 4.48. The van der Waals surface area contributed by atoms with E-state index < -0.39 is 16.1 Å². The van der Waals surface area contributed by atoms with Crippen LogP contribution in [0.3, 0.4) is 0 Å². The van der Waals surface area contributed by atoms with E-state index in [2.05, 4.69) is 0 Å². The van der Waals surface area contributed by atoms with Gasteiger partial charge in [0.05, 0.1) is 29.2 Å². The molecule has 0 spiro atoms. The van der Waals surface area contributed by atoms with Crippen LogP contribution in [-0.2, 0) is 42.4 Å². The van der Waals surface area contributed by atoms with Gasteiger partial charge in [0.2, 0.25) is 10.0 Å². The number of sulfonamides is 1. The number of rotatable bonds is 2. The Morgan fingerprint density at radius 3 is 2.55 bits per heavy atom. The van der Waals surface area contributed by atoms with Crippen molar-refractivity contribution in [3.8, 4) is 0 Å². The second-order valence-corrected chi connectivity index (χ2v) is 7.49. The zero-order valence-corrected chi connectivity index (χ0v) is 20.3. The van der Waals surface area contributed by atoms with Gasteiger partial charge in [-0.15, -0.1) is 0 Å². The monoisotopic (exact) mass is 623 g/mol. The van der Waals surface area contributed by atoms with Crippen LogP contribution in [0.2, 0.25) is 0 Å². The molecule has 22 heavy (non-hydrogen) atoms. The van der Waals surface area contributed by atoms with Crippen LogP contribution in [0.25, 0.3) is 0 Å². The molecule has 4 aliphatic heterocycles. The first-order chi connectivity index (χ1) is 9.57. The molecular formula is C14H16HgINO4S. The number of benzene rings is 1. The molecule has 8 heteroatoms. The Balaban J connectivity index is 0.000000882. The van der Waals surface area contributed by atoms with Gasteiger partial charge in [0.15, 0.2) is 0 Å². The average molecular weight is 622 g/mol. The van der Waals surface area contributed by atoms with Crippen LogP contribution in [0.15, 0.2) is 35.2 Å². The summed E-state index contributed by atoms with van der Waals surface area (Å²) in [6, 6.07) is 7.90. The number of piperidine rings is 2. The molecule has 0 saturated carbocycles. The largest absolute Gasteiger partial charge is 1.00 e. The summed E-state index contributed by atoms with van der Waals surface area (Å²) in [6.45, 7) is 0. The first kappa shape index (κ1) is 19.0. The summed E-state index contributed by atoms with van der Waals surface area (Å²) in [4.78, 5) is 0.286. The molecule has 0 aromatic heterocycles. The van der Waals surface area contributed by atoms with E-state index in [0.717, 1.165) is 0 Å². The molecule has 116 valence electrons. The fourth-order valence-electron chi connectivity index (χ4n) is 3.63. The number of aliphatic hydroxyl groups excluding tert-OH is 1. The van der Waals surface area contributed by atoms with Crippen molar-refractivity contribution in [2.24, 2.45) is 0 Å². The fraction of sp³-hybridized carbons (Fsp3) is 0.500. The van der Waals surface area contributed by atoms with Crippen LogP contribution in [0.4, 0.5) is 0 Å². The maximum absolute atomic E-state index is 12.8. The fourth-order valence-corrected chi connectivity index (χ4v) is 5.45. The topological polar surface area (TPSA) is 66.8 Å². The summed E-state index contributed by atoms with van der Waals surface area (Å²) in [5, 5.41) is 10.3. The second kappa shape index (κ2) is 6.91. The summed E-state index contributed by atoms with van der Waals surface area (Å²) in [6.07, 6.45) is 2.07. The van der Waals surface area contributed by atoms with Gasteiger partial charge in [-0.2, -0.15) is 4.31 Å². The molecule has 5 atom stereocenters. The minimum absolute atomic E-state index is 0. The minimum Gasteiger partial charge on any atom is -1.00 e. The Morgan fingerprint density at radius 2 is 1.86 bits per heavy atom. The average Bonchev–Trinajstić information content (AvgIpc) is 2.44. The van der Waals surface area contributed by atoms with Crippen LogP contribution >= 0.6 is 0 Å². The molecule has 2 radical (unpaired) electrons. The molecule has 1 aromatic rings. The molecular weight excluding hydrogens is 606 g/mol. The van der Waals surface area contributed by atoms with Crippen LogP contribution < -0.4 is 24.0 Å². The first-order valence-corrected chi connectivity index (χ1v) is 8.28. The Kier molecular flexibility index (Phi) is 5.98.